The van der Waals surface area contributed by atoms with Gasteiger partial charge < -0.3 is 10.1 Å². The number of nitrogens with one attached hydrogen (secondary N) is 1. The number of aryl methyl sites for hydroxylation is 1. The van der Waals surface area contributed by atoms with Crippen LogP contribution in [0.15, 0.2) is 6.07 Å². The van der Waals surface area contributed by atoms with Crippen LogP contribution >= 0.6 is 11.6 Å². The fourth-order valence-electron chi connectivity index (χ4n) is 1.77. The summed E-state index contributed by atoms with van der Waals surface area (Å²) in [6, 6.07) is 1.74. The zero-order chi connectivity index (χ0) is 11.6. The van der Waals surface area contributed by atoms with Gasteiger partial charge in [0.25, 0.3) is 0 Å². The highest BCUT2D eigenvalue weighted by molar-refractivity contribution is 6.29. The smallest absolute Gasteiger partial charge is 0.134 e. The summed E-state index contributed by atoms with van der Waals surface area (Å²) in [6.45, 7) is 6.54. The van der Waals surface area contributed by atoms with Gasteiger partial charge in [0.15, 0.2) is 0 Å². The third kappa shape index (κ3) is 2.83. The van der Waals surface area contributed by atoms with E-state index in [1.54, 1.807) is 6.07 Å². The van der Waals surface area contributed by atoms with E-state index in [0.29, 0.717) is 11.0 Å². The second kappa shape index (κ2) is 4.55. The molecule has 0 unspecified atom stereocenters. The van der Waals surface area contributed by atoms with E-state index in [1.807, 2.05) is 6.92 Å². The van der Waals surface area contributed by atoms with Gasteiger partial charge in [0.2, 0.25) is 0 Å². The molecule has 0 aromatic carbocycles. The summed E-state index contributed by atoms with van der Waals surface area (Å²) >= 11 is 5.86. The number of anilines is 1. The Morgan fingerprint density at radius 1 is 1.56 bits per heavy atom. The monoisotopic (exact) mass is 241 g/mol. The van der Waals surface area contributed by atoms with E-state index < -0.39 is 0 Å². The van der Waals surface area contributed by atoms with Crippen molar-refractivity contribution in [1.29, 1.82) is 0 Å². The lowest BCUT2D eigenvalue weighted by molar-refractivity contribution is 0.164. The number of hydrogen-bond acceptors (Lipinski definition) is 4. The van der Waals surface area contributed by atoms with E-state index in [-0.39, 0.29) is 5.41 Å². The van der Waals surface area contributed by atoms with Gasteiger partial charge in [0.05, 0.1) is 6.61 Å². The maximum Gasteiger partial charge on any atom is 0.134 e. The van der Waals surface area contributed by atoms with Crippen molar-refractivity contribution >= 4 is 17.4 Å². The van der Waals surface area contributed by atoms with Gasteiger partial charge in [-0.25, -0.2) is 9.97 Å². The Balaban J connectivity index is 1.98. The van der Waals surface area contributed by atoms with Crippen molar-refractivity contribution in [3.63, 3.8) is 0 Å². The maximum absolute atomic E-state index is 5.86. The summed E-state index contributed by atoms with van der Waals surface area (Å²) in [4.78, 5) is 8.30. The number of halogens is 1. The molecule has 4 nitrogen and oxygen atoms in total. The summed E-state index contributed by atoms with van der Waals surface area (Å²) in [5.41, 5.74) is 0.200. The molecule has 1 atom stereocenters. The Labute approximate surface area is 100 Å². The van der Waals surface area contributed by atoms with E-state index in [4.69, 9.17) is 16.3 Å². The Kier molecular flexibility index (Phi) is 3.30. The molecule has 2 rings (SSSR count). The van der Waals surface area contributed by atoms with Gasteiger partial charge in [-0.2, -0.15) is 0 Å². The van der Waals surface area contributed by atoms with Gasteiger partial charge in [-0.15, -0.1) is 0 Å². The molecule has 0 radical (unpaired) electrons. The highest BCUT2D eigenvalue weighted by Gasteiger charge is 2.29. The van der Waals surface area contributed by atoms with Crippen LogP contribution in [0.5, 0.6) is 0 Å². The summed E-state index contributed by atoms with van der Waals surface area (Å²) in [6.07, 6.45) is 1.08. The van der Waals surface area contributed by atoms with Gasteiger partial charge in [-0.05, 0) is 13.3 Å². The predicted octanol–water partition coefficient (Wildman–Crippen LogP) is 2.28. The largest absolute Gasteiger partial charge is 0.381 e. The SMILES string of the molecule is Cc1nc(Cl)cc(NC[C@]2(C)CCOC2)n1. The van der Waals surface area contributed by atoms with E-state index in [1.165, 1.54) is 0 Å². The fraction of sp³-hybridized carbons (Fsp3) is 0.636. The highest BCUT2D eigenvalue weighted by Crippen LogP contribution is 2.27. The summed E-state index contributed by atoms with van der Waals surface area (Å²) in [7, 11) is 0. The zero-order valence-corrected chi connectivity index (χ0v) is 10.3. The Bertz CT molecular complexity index is 357. The summed E-state index contributed by atoms with van der Waals surface area (Å²) in [5, 5.41) is 3.77. The minimum Gasteiger partial charge on any atom is -0.381 e. The third-order valence-corrected chi connectivity index (χ3v) is 3.00. The molecule has 0 saturated carbocycles. The Morgan fingerprint density at radius 2 is 2.38 bits per heavy atom. The summed E-state index contributed by atoms with van der Waals surface area (Å²) in [5.74, 6) is 1.47. The van der Waals surface area contributed by atoms with Crippen LogP contribution < -0.4 is 5.32 Å². The van der Waals surface area contributed by atoms with Gasteiger partial charge >= 0.3 is 0 Å². The molecule has 5 heteroatoms. The van der Waals surface area contributed by atoms with Crippen LogP contribution in [-0.4, -0.2) is 29.7 Å². The molecular formula is C11H16ClN3O. The molecule has 1 aromatic rings. The molecule has 0 aliphatic carbocycles. The van der Waals surface area contributed by atoms with Crippen LogP contribution in [0.3, 0.4) is 0 Å². The van der Waals surface area contributed by atoms with Crippen LogP contribution in [0.1, 0.15) is 19.2 Å². The molecule has 16 heavy (non-hydrogen) atoms. The lowest BCUT2D eigenvalue weighted by Crippen LogP contribution is -2.27. The average Bonchev–Trinajstić information content (AvgIpc) is 2.62. The minimum absolute atomic E-state index is 0.200. The molecular weight excluding hydrogens is 226 g/mol. The van der Waals surface area contributed by atoms with E-state index in [2.05, 4.69) is 22.2 Å². The fourth-order valence-corrected chi connectivity index (χ4v) is 2.00. The molecule has 0 spiro atoms. The zero-order valence-electron chi connectivity index (χ0n) is 9.59. The van der Waals surface area contributed by atoms with Gasteiger partial charge in [-0.3, -0.25) is 0 Å². The van der Waals surface area contributed by atoms with Crippen LogP contribution in [0.2, 0.25) is 5.15 Å². The molecule has 1 fully saturated rings. The lowest BCUT2D eigenvalue weighted by Gasteiger charge is -2.22. The number of hydrogen-bond donors (Lipinski definition) is 1. The van der Waals surface area contributed by atoms with Crippen LogP contribution in [0.25, 0.3) is 0 Å². The van der Waals surface area contributed by atoms with Crippen molar-refractivity contribution in [3.05, 3.63) is 17.0 Å². The quantitative estimate of drug-likeness (QED) is 0.825. The van der Waals surface area contributed by atoms with E-state index in [0.717, 1.165) is 32.0 Å². The van der Waals surface area contributed by atoms with Gasteiger partial charge in [-0.1, -0.05) is 18.5 Å². The average molecular weight is 242 g/mol. The third-order valence-electron chi connectivity index (χ3n) is 2.80. The first-order valence-electron chi connectivity index (χ1n) is 5.40. The van der Waals surface area contributed by atoms with Crippen LogP contribution in [-0.2, 0) is 4.74 Å². The minimum atomic E-state index is 0.200. The van der Waals surface area contributed by atoms with E-state index in [9.17, 15) is 0 Å². The number of nitrogens with zero attached hydrogens (tertiary/aromatic N) is 2. The molecule has 1 aliphatic rings. The normalized spacial score (nSPS) is 24.7. The standard InChI is InChI=1S/C11H16ClN3O/c1-8-14-9(12)5-10(15-8)13-6-11(2)3-4-16-7-11/h5H,3-4,6-7H2,1-2H3,(H,13,14,15)/t11-/m0/s1. The van der Waals surface area contributed by atoms with Gasteiger partial charge in [0.1, 0.15) is 16.8 Å². The van der Waals surface area contributed by atoms with Crippen molar-refractivity contribution < 1.29 is 4.74 Å². The molecule has 0 amide bonds. The van der Waals surface area contributed by atoms with Crippen LogP contribution in [0, 0.1) is 12.3 Å². The second-order valence-electron chi connectivity index (χ2n) is 4.59. The summed E-state index contributed by atoms with van der Waals surface area (Å²) < 4.78 is 5.40. The van der Waals surface area contributed by atoms with Crippen molar-refractivity contribution in [3.8, 4) is 0 Å². The first kappa shape index (κ1) is 11.6. The Morgan fingerprint density at radius 3 is 3.00 bits per heavy atom. The van der Waals surface area contributed by atoms with Crippen molar-refractivity contribution in [2.24, 2.45) is 5.41 Å². The maximum atomic E-state index is 5.86. The molecule has 1 N–H and O–H groups in total. The molecule has 1 aromatic heterocycles. The number of rotatable bonds is 3. The molecule has 88 valence electrons. The first-order chi connectivity index (χ1) is 7.57. The van der Waals surface area contributed by atoms with Gasteiger partial charge in [0, 0.05) is 24.6 Å². The predicted molar refractivity (Wildman–Crippen MR) is 63.8 cm³/mol. The van der Waals surface area contributed by atoms with Crippen molar-refractivity contribution in [2.45, 2.75) is 20.3 Å². The van der Waals surface area contributed by atoms with Crippen LogP contribution in [0.4, 0.5) is 5.82 Å². The highest BCUT2D eigenvalue weighted by atomic mass is 35.5. The first-order valence-corrected chi connectivity index (χ1v) is 5.78. The van der Waals surface area contributed by atoms with Crippen molar-refractivity contribution in [1.82, 2.24) is 9.97 Å². The number of aromatic nitrogens is 2. The lowest BCUT2D eigenvalue weighted by atomic mass is 9.90. The number of ether oxygens (including phenoxy) is 1. The van der Waals surface area contributed by atoms with Crippen molar-refractivity contribution in [2.75, 3.05) is 25.1 Å². The molecule has 1 aliphatic heterocycles. The second-order valence-corrected chi connectivity index (χ2v) is 4.98. The molecule has 2 heterocycles. The topological polar surface area (TPSA) is 47.0 Å². The Hall–Kier alpha value is -0.870. The molecule has 0 bridgehead atoms. The molecule has 1 saturated heterocycles. The van der Waals surface area contributed by atoms with E-state index >= 15 is 0 Å².